The fraction of sp³-hybridized carbons (Fsp3) is 0.231. The standard InChI is InChI=1S/C13H14N4/c1-8(2)17-11-6-4-3-5-9(11)10-7-15-13(14)16-12(10)17/h3-8H,1-2H3,(H2,14,15,16). The van der Waals surface area contributed by atoms with Gasteiger partial charge in [0.15, 0.2) is 0 Å². The van der Waals surface area contributed by atoms with Gasteiger partial charge in [-0.1, -0.05) is 18.2 Å². The molecule has 0 spiro atoms. The van der Waals surface area contributed by atoms with E-state index in [4.69, 9.17) is 5.73 Å². The molecule has 0 aliphatic carbocycles. The van der Waals surface area contributed by atoms with Crippen molar-refractivity contribution in [3.63, 3.8) is 0 Å². The molecule has 17 heavy (non-hydrogen) atoms. The largest absolute Gasteiger partial charge is 0.368 e. The minimum absolute atomic E-state index is 0.321. The summed E-state index contributed by atoms with van der Waals surface area (Å²) in [5, 5.41) is 2.24. The molecule has 0 fully saturated rings. The van der Waals surface area contributed by atoms with Crippen LogP contribution in [0.1, 0.15) is 19.9 Å². The zero-order valence-electron chi connectivity index (χ0n) is 9.88. The van der Waals surface area contributed by atoms with E-state index < -0.39 is 0 Å². The van der Waals surface area contributed by atoms with Crippen LogP contribution in [0.5, 0.6) is 0 Å². The lowest BCUT2D eigenvalue weighted by Crippen LogP contribution is -2.03. The lowest BCUT2D eigenvalue weighted by Gasteiger charge is -2.10. The Labute approximate surface area is 99.1 Å². The number of nitrogens with zero attached hydrogens (tertiary/aromatic N) is 3. The van der Waals surface area contributed by atoms with Gasteiger partial charge in [-0.15, -0.1) is 0 Å². The molecule has 0 radical (unpaired) electrons. The molecule has 0 atom stereocenters. The van der Waals surface area contributed by atoms with Crippen LogP contribution in [0.3, 0.4) is 0 Å². The summed E-state index contributed by atoms with van der Waals surface area (Å²) in [6, 6.07) is 8.61. The molecule has 0 unspecified atom stereocenters. The highest BCUT2D eigenvalue weighted by Gasteiger charge is 2.13. The van der Waals surface area contributed by atoms with Crippen molar-refractivity contribution >= 4 is 27.9 Å². The second-order valence-electron chi connectivity index (χ2n) is 4.45. The van der Waals surface area contributed by atoms with Gasteiger partial charge in [0, 0.05) is 23.0 Å². The number of aromatic nitrogens is 3. The zero-order chi connectivity index (χ0) is 12.0. The van der Waals surface area contributed by atoms with Crippen molar-refractivity contribution in [2.45, 2.75) is 19.9 Å². The highest BCUT2D eigenvalue weighted by molar-refractivity contribution is 6.06. The van der Waals surface area contributed by atoms with E-state index in [1.54, 1.807) is 6.20 Å². The molecule has 2 N–H and O–H groups in total. The van der Waals surface area contributed by atoms with Gasteiger partial charge in [-0.05, 0) is 19.9 Å². The fourth-order valence-corrected chi connectivity index (χ4v) is 2.31. The normalized spacial score (nSPS) is 11.7. The molecule has 3 rings (SSSR count). The Morgan fingerprint density at radius 2 is 1.94 bits per heavy atom. The first-order chi connectivity index (χ1) is 8.18. The predicted octanol–water partition coefficient (Wildman–Crippen LogP) is 2.75. The number of nitrogens with two attached hydrogens (primary N) is 1. The minimum atomic E-state index is 0.321. The maximum Gasteiger partial charge on any atom is 0.221 e. The van der Waals surface area contributed by atoms with E-state index in [0.29, 0.717) is 12.0 Å². The zero-order valence-corrected chi connectivity index (χ0v) is 9.88. The van der Waals surface area contributed by atoms with Gasteiger partial charge >= 0.3 is 0 Å². The summed E-state index contributed by atoms with van der Waals surface area (Å²) < 4.78 is 2.20. The van der Waals surface area contributed by atoms with Crippen molar-refractivity contribution in [1.29, 1.82) is 0 Å². The van der Waals surface area contributed by atoms with Crippen LogP contribution in [-0.2, 0) is 0 Å². The van der Waals surface area contributed by atoms with E-state index >= 15 is 0 Å². The van der Waals surface area contributed by atoms with Crippen LogP contribution < -0.4 is 5.73 Å². The molecule has 4 heteroatoms. The summed E-state index contributed by atoms with van der Waals surface area (Å²) >= 11 is 0. The molecule has 0 saturated carbocycles. The van der Waals surface area contributed by atoms with Crippen LogP contribution in [0, 0.1) is 0 Å². The summed E-state index contributed by atoms with van der Waals surface area (Å²) in [4.78, 5) is 8.45. The molecule has 0 aliphatic rings. The van der Waals surface area contributed by atoms with Crippen LogP contribution >= 0.6 is 0 Å². The van der Waals surface area contributed by atoms with E-state index in [0.717, 1.165) is 11.0 Å². The quantitative estimate of drug-likeness (QED) is 0.694. The highest BCUT2D eigenvalue weighted by atomic mass is 15.1. The van der Waals surface area contributed by atoms with Gasteiger partial charge in [-0.3, -0.25) is 0 Å². The number of fused-ring (bicyclic) bond motifs is 3. The van der Waals surface area contributed by atoms with Crippen LogP contribution in [0.15, 0.2) is 30.5 Å². The second kappa shape index (κ2) is 3.45. The number of hydrogen-bond donors (Lipinski definition) is 1. The smallest absolute Gasteiger partial charge is 0.221 e. The Kier molecular flexibility index (Phi) is 2.04. The van der Waals surface area contributed by atoms with Crippen molar-refractivity contribution in [3.8, 4) is 0 Å². The van der Waals surface area contributed by atoms with Crippen molar-refractivity contribution in [1.82, 2.24) is 14.5 Å². The number of rotatable bonds is 1. The first kappa shape index (κ1) is 10.1. The molecular formula is C13H14N4. The Hall–Kier alpha value is -2.10. The SMILES string of the molecule is CC(C)n1c2ccccc2c2cnc(N)nc21. The van der Waals surface area contributed by atoms with E-state index in [9.17, 15) is 0 Å². The van der Waals surface area contributed by atoms with E-state index in [2.05, 4.69) is 40.5 Å². The van der Waals surface area contributed by atoms with Crippen LogP contribution in [0.25, 0.3) is 21.9 Å². The molecular weight excluding hydrogens is 212 g/mol. The first-order valence-corrected chi connectivity index (χ1v) is 5.69. The number of anilines is 1. The van der Waals surface area contributed by atoms with Crippen LogP contribution in [0.2, 0.25) is 0 Å². The number of hydrogen-bond acceptors (Lipinski definition) is 3. The molecule has 0 saturated heterocycles. The Morgan fingerprint density at radius 3 is 2.71 bits per heavy atom. The topological polar surface area (TPSA) is 56.7 Å². The summed E-state index contributed by atoms with van der Waals surface area (Å²) in [5.74, 6) is 0.321. The number of nitrogen functional groups attached to an aromatic ring is 1. The molecule has 86 valence electrons. The molecule has 4 nitrogen and oxygen atoms in total. The maximum atomic E-state index is 5.68. The van der Waals surface area contributed by atoms with E-state index in [1.807, 2.05) is 12.1 Å². The Bertz CT molecular complexity index is 697. The number of para-hydroxylation sites is 1. The third-order valence-electron chi connectivity index (χ3n) is 2.99. The van der Waals surface area contributed by atoms with Gasteiger partial charge in [0.1, 0.15) is 5.65 Å². The van der Waals surface area contributed by atoms with Gasteiger partial charge in [0.25, 0.3) is 0 Å². The van der Waals surface area contributed by atoms with Crippen molar-refractivity contribution < 1.29 is 0 Å². The van der Waals surface area contributed by atoms with Gasteiger partial charge < -0.3 is 10.3 Å². The number of benzene rings is 1. The molecule has 0 bridgehead atoms. The van der Waals surface area contributed by atoms with Gasteiger partial charge in [-0.2, -0.15) is 4.98 Å². The fourth-order valence-electron chi connectivity index (χ4n) is 2.31. The molecule has 0 amide bonds. The van der Waals surface area contributed by atoms with E-state index in [1.165, 1.54) is 10.9 Å². The van der Waals surface area contributed by atoms with Crippen molar-refractivity contribution in [3.05, 3.63) is 30.5 Å². The van der Waals surface area contributed by atoms with Crippen LogP contribution in [0.4, 0.5) is 5.95 Å². The molecule has 0 aliphatic heterocycles. The first-order valence-electron chi connectivity index (χ1n) is 5.69. The summed E-state index contributed by atoms with van der Waals surface area (Å²) in [6.45, 7) is 4.29. The Balaban J connectivity index is 2.57. The predicted molar refractivity (Wildman–Crippen MR) is 69.8 cm³/mol. The molecule has 2 heterocycles. The highest BCUT2D eigenvalue weighted by Crippen LogP contribution is 2.30. The van der Waals surface area contributed by atoms with Gasteiger partial charge in [0.2, 0.25) is 5.95 Å². The summed E-state index contributed by atoms with van der Waals surface area (Å²) in [7, 11) is 0. The van der Waals surface area contributed by atoms with E-state index in [-0.39, 0.29) is 0 Å². The monoisotopic (exact) mass is 226 g/mol. The molecule has 1 aromatic carbocycles. The van der Waals surface area contributed by atoms with Crippen molar-refractivity contribution in [2.24, 2.45) is 0 Å². The summed E-state index contributed by atoms with van der Waals surface area (Å²) in [6.07, 6.45) is 1.80. The Morgan fingerprint density at radius 1 is 1.18 bits per heavy atom. The summed E-state index contributed by atoms with van der Waals surface area (Å²) in [5.41, 5.74) is 7.77. The lowest BCUT2D eigenvalue weighted by atomic mass is 10.2. The average molecular weight is 226 g/mol. The third kappa shape index (κ3) is 1.37. The van der Waals surface area contributed by atoms with Gasteiger partial charge in [-0.25, -0.2) is 4.98 Å². The molecule has 3 aromatic rings. The van der Waals surface area contributed by atoms with Crippen molar-refractivity contribution in [2.75, 3.05) is 5.73 Å². The maximum absolute atomic E-state index is 5.68. The lowest BCUT2D eigenvalue weighted by molar-refractivity contribution is 0.637. The second-order valence-corrected chi connectivity index (χ2v) is 4.45. The minimum Gasteiger partial charge on any atom is -0.368 e. The van der Waals surface area contributed by atoms with Gasteiger partial charge in [0.05, 0.1) is 5.52 Å². The third-order valence-corrected chi connectivity index (χ3v) is 2.99. The average Bonchev–Trinajstić information content (AvgIpc) is 2.62. The molecule has 2 aromatic heterocycles. The van der Waals surface area contributed by atoms with Crippen LogP contribution in [-0.4, -0.2) is 14.5 Å².